The van der Waals surface area contributed by atoms with Crippen molar-refractivity contribution >= 4 is 24.3 Å². The fourth-order valence-electron chi connectivity index (χ4n) is 2.85. The fourth-order valence-corrected chi connectivity index (χ4v) is 3.12. The number of hydrogen-bond acceptors (Lipinski definition) is 5. The third kappa shape index (κ3) is 5.66. The summed E-state index contributed by atoms with van der Waals surface area (Å²) in [6.45, 7) is 2.48. The SMILES string of the molecule is CCCCC(=O)NN=Cc1c(O)n(CCC2=CCCCC2)c(=S)[nH]c1=O. The lowest BCUT2D eigenvalue weighted by atomic mass is 9.97. The Morgan fingerprint density at radius 2 is 2.31 bits per heavy atom. The van der Waals surface area contributed by atoms with E-state index in [1.165, 1.54) is 23.0 Å². The Kier molecular flexibility index (Phi) is 7.77. The highest BCUT2D eigenvalue weighted by Gasteiger charge is 2.12. The molecule has 1 heterocycles. The summed E-state index contributed by atoms with van der Waals surface area (Å²) in [6.07, 6.45) is 10.8. The highest BCUT2D eigenvalue weighted by molar-refractivity contribution is 7.71. The smallest absolute Gasteiger partial charge is 0.264 e. The minimum Gasteiger partial charge on any atom is -0.494 e. The molecule has 7 nitrogen and oxygen atoms in total. The third-order valence-electron chi connectivity index (χ3n) is 4.39. The van der Waals surface area contributed by atoms with E-state index < -0.39 is 5.56 Å². The first-order valence-electron chi connectivity index (χ1n) is 9.08. The van der Waals surface area contributed by atoms with Gasteiger partial charge in [0.05, 0.1) is 6.21 Å². The quantitative estimate of drug-likeness (QED) is 0.280. The first-order valence-corrected chi connectivity index (χ1v) is 9.49. The molecule has 0 fully saturated rings. The van der Waals surface area contributed by atoms with E-state index in [1.807, 2.05) is 6.92 Å². The molecule has 8 heteroatoms. The van der Waals surface area contributed by atoms with Gasteiger partial charge in [0.15, 0.2) is 4.77 Å². The number of allylic oxidation sites excluding steroid dienone is 2. The van der Waals surface area contributed by atoms with E-state index in [9.17, 15) is 14.7 Å². The monoisotopic (exact) mass is 378 g/mol. The second-order valence-corrected chi connectivity index (χ2v) is 6.79. The standard InChI is InChI=1S/C18H26N4O3S/c1-2-3-9-15(23)21-19-12-14-16(24)20-18(26)22(17(14)25)11-10-13-7-5-4-6-8-13/h7,12,25H,2-6,8-11H2,1H3,(H,21,23)(H,20,24,26). The Morgan fingerprint density at radius 1 is 1.50 bits per heavy atom. The Labute approximate surface area is 157 Å². The number of hydrazone groups is 1. The lowest BCUT2D eigenvalue weighted by molar-refractivity contribution is -0.121. The first kappa shape index (κ1) is 20.1. The predicted octanol–water partition coefficient (Wildman–Crippen LogP) is 3.14. The number of nitrogens with one attached hydrogen (secondary N) is 2. The molecule has 26 heavy (non-hydrogen) atoms. The van der Waals surface area contributed by atoms with Gasteiger partial charge in [-0.2, -0.15) is 5.10 Å². The fraction of sp³-hybridized carbons (Fsp3) is 0.556. The number of aromatic nitrogens is 2. The van der Waals surface area contributed by atoms with E-state index in [0.29, 0.717) is 13.0 Å². The number of aromatic hydroxyl groups is 1. The number of rotatable bonds is 8. The Balaban J connectivity index is 2.11. The molecule has 0 saturated carbocycles. The molecule has 0 spiro atoms. The maximum atomic E-state index is 12.1. The van der Waals surface area contributed by atoms with Crippen molar-refractivity contribution in [2.24, 2.45) is 5.10 Å². The number of carbonyl (C=O) groups excluding carboxylic acids is 1. The van der Waals surface area contributed by atoms with E-state index in [-0.39, 0.29) is 22.1 Å². The molecule has 1 aliphatic carbocycles. The number of hydrogen-bond donors (Lipinski definition) is 3. The van der Waals surface area contributed by atoms with Gasteiger partial charge >= 0.3 is 0 Å². The predicted molar refractivity (Wildman–Crippen MR) is 104 cm³/mol. The van der Waals surface area contributed by atoms with Crippen LogP contribution in [-0.2, 0) is 11.3 Å². The number of carbonyl (C=O) groups is 1. The molecule has 0 atom stereocenters. The number of unbranched alkanes of at least 4 members (excludes halogenated alkanes) is 1. The number of amides is 1. The normalized spacial score (nSPS) is 14.4. The highest BCUT2D eigenvalue weighted by atomic mass is 32.1. The van der Waals surface area contributed by atoms with Crippen LogP contribution in [0.5, 0.6) is 5.88 Å². The average molecular weight is 378 g/mol. The van der Waals surface area contributed by atoms with E-state index in [1.54, 1.807) is 0 Å². The summed E-state index contributed by atoms with van der Waals surface area (Å²) in [5.74, 6) is -0.460. The highest BCUT2D eigenvalue weighted by Crippen LogP contribution is 2.22. The number of aromatic amines is 1. The molecule has 1 aromatic heterocycles. The van der Waals surface area contributed by atoms with Gasteiger partial charge in [-0.25, -0.2) is 5.43 Å². The van der Waals surface area contributed by atoms with Gasteiger partial charge in [-0.15, -0.1) is 0 Å². The van der Waals surface area contributed by atoms with Crippen molar-refractivity contribution in [3.63, 3.8) is 0 Å². The molecule has 0 aliphatic heterocycles. The average Bonchev–Trinajstić information content (AvgIpc) is 2.63. The van der Waals surface area contributed by atoms with Gasteiger partial charge in [-0.05, 0) is 50.7 Å². The van der Waals surface area contributed by atoms with E-state index in [4.69, 9.17) is 12.2 Å². The molecule has 0 aromatic carbocycles. The van der Waals surface area contributed by atoms with Crippen molar-refractivity contribution in [3.05, 3.63) is 32.3 Å². The van der Waals surface area contributed by atoms with Crippen LogP contribution in [0.3, 0.4) is 0 Å². The minimum atomic E-state index is -0.535. The van der Waals surface area contributed by atoms with Gasteiger partial charge < -0.3 is 5.11 Å². The Bertz CT molecular complexity index is 808. The molecule has 1 amide bonds. The Hall–Kier alpha value is -2.22. The van der Waals surface area contributed by atoms with Crippen LogP contribution in [0.1, 0.15) is 63.9 Å². The molecule has 1 aliphatic rings. The Morgan fingerprint density at radius 3 is 3.00 bits per heavy atom. The lowest BCUT2D eigenvalue weighted by Gasteiger charge is -2.15. The van der Waals surface area contributed by atoms with Crippen molar-refractivity contribution in [1.29, 1.82) is 0 Å². The van der Waals surface area contributed by atoms with Gasteiger partial charge in [-0.1, -0.05) is 25.0 Å². The zero-order valence-electron chi connectivity index (χ0n) is 15.1. The topological polar surface area (TPSA) is 99.5 Å². The van der Waals surface area contributed by atoms with Crippen molar-refractivity contribution in [2.45, 2.75) is 64.8 Å². The van der Waals surface area contributed by atoms with Crippen LogP contribution in [0.15, 0.2) is 21.5 Å². The summed E-state index contributed by atoms with van der Waals surface area (Å²) >= 11 is 5.17. The molecule has 2 rings (SSSR count). The third-order valence-corrected chi connectivity index (χ3v) is 4.71. The summed E-state index contributed by atoms with van der Waals surface area (Å²) in [5, 5.41) is 14.2. The maximum Gasteiger partial charge on any atom is 0.264 e. The second-order valence-electron chi connectivity index (χ2n) is 6.40. The van der Waals surface area contributed by atoms with Crippen LogP contribution in [0, 0.1) is 4.77 Å². The van der Waals surface area contributed by atoms with Crippen LogP contribution in [0.25, 0.3) is 0 Å². The molecule has 142 valence electrons. The van der Waals surface area contributed by atoms with Gasteiger partial charge in [0.1, 0.15) is 5.56 Å². The summed E-state index contributed by atoms with van der Waals surface area (Å²) in [6, 6.07) is 0. The molecule has 0 bridgehead atoms. The lowest BCUT2D eigenvalue weighted by Crippen LogP contribution is -2.21. The number of H-pyrrole nitrogens is 1. The zero-order chi connectivity index (χ0) is 18.9. The molecule has 1 aromatic rings. The van der Waals surface area contributed by atoms with Crippen molar-refractivity contribution in [1.82, 2.24) is 15.0 Å². The van der Waals surface area contributed by atoms with Gasteiger partial charge in [-0.3, -0.25) is 19.1 Å². The van der Waals surface area contributed by atoms with E-state index in [2.05, 4.69) is 21.6 Å². The van der Waals surface area contributed by atoms with E-state index >= 15 is 0 Å². The summed E-state index contributed by atoms with van der Waals surface area (Å²) in [4.78, 5) is 26.2. The first-order chi connectivity index (χ1) is 12.5. The molecule has 0 unspecified atom stereocenters. The zero-order valence-corrected chi connectivity index (χ0v) is 15.9. The molecular formula is C18H26N4O3S. The minimum absolute atomic E-state index is 0.0213. The summed E-state index contributed by atoms with van der Waals surface area (Å²) in [7, 11) is 0. The molecule has 0 saturated heterocycles. The molecule has 0 radical (unpaired) electrons. The summed E-state index contributed by atoms with van der Waals surface area (Å²) in [5.41, 5.74) is 3.15. The van der Waals surface area contributed by atoms with Crippen LogP contribution < -0.4 is 11.0 Å². The van der Waals surface area contributed by atoms with Crippen LogP contribution >= 0.6 is 12.2 Å². The largest absolute Gasteiger partial charge is 0.494 e. The molecular weight excluding hydrogens is 352 g/mol. The number of nitrogens with zero attached hydrogens (tertiary/aromatic N) is 2. The van der Waals surface area contributed by atoms with Gasteiger partial charge in [0.25, 0.3) is 5.56 Å². The summed E-state index contributed by atoms with van der Waals surface area (Å²) < 4.78 is 1.67. The van der Waals surface area contributed by atoms with Crippen LogP contribution in [-0.4, -0.2) is 26.8 Å². The van der Waals surface area contributed by atoms with Crippen molar-refractivity contribution in [2.75, 3.05) is 0 Å². The maximum absolute atomic E-state index is 12.1. The van der Waals surface area contributed by atoms with E-state index in [0.717, 1.165) is 38.3 Å². The van der Waals surface area contributed by atoms with Crippen LogP contribution in [0.2, 0.25) is 0 Å². The van der Waals surface area contributed by atoms with Crippen molar-refractivity contribution < 1.29 is 9.90 Å². The van der Waals surface area contributed by atoms with Crippen molar-refractivity contribution in [3.8, 4) is 5.88 Å². The van der Waals surface area contributed by atoms with Gasteiger partial charge in [0, 0.05) is 13.0 Å². The molecule has 3 N–H and O–H groups in total. The van der Waals surface area contributed by atoms with Gasteiger partial charge in [0.2, 0.25) is 11.8 Å². The van der Waals surface area contributed by atoms with Crippen LogP contribution in [0.4, 0.5) is 0 Å². The second kappa shape index (κ2) is 10.1.